The minimum Gasteiger partial charge on any atom is -0.330 e. The van der Waals surface area contributed by atoms with Crippen molar-refractivity contribution in [1.29, 1.82) is 0 Å². The highest BCUT2D eigenvalue weighted by Crippen LogP contribution is 2.17. The van der Waals surface area contributed by atoms with Gasteiger partial charge in [0.2, 0.25) is 0 Å². The Hall–Kier alpha value is -0.160. The summed E-state index contributed by atoms with van der Waals surface area (Å²) in [7, 11) is 0. The standard InChI is InChI=1S/C9H14BrN3.ClH/c10-9-6-7(3-5-13-9)8(12)2-1-4-11;/h3,5-6,8H,1-2,4,11-12H2;1H/t8-;/m1./s1. The number of halogens is 2. The van der Waals surface area contributed by atoms with E-state index in [1.807, 2.05) is 12.1 Å². The predicted octanol–water partition coefficient (Wildman–Crippen LogP) is 2.00. The highest BCUT2D eigenvalue weighted by molar-refractivity contribution is 9.10. The second kappa shape index (κ2) is 7.17. The van der Waals surface area contributed by atoms with Crippen LogP contribution in [0, 0.1) is 0 Å². The van der Waals surface area contributed by atoms with Crippen LogP contribution in [0.1, 0.15) is 24.4 Å². The molecule has 1 atom stereocenters. The molecule has 0 spiro atoms. The van der Waals surface area contributed by atoms with Crippen molar-refractivity contribution in [3.05, 3.63) is 28.5 Å². The molecule has 80 valence electrons. The van der Waals surface area contributed by atoms with Crippen LogP contribution in [0.2, 0.25) is 0 Å². The Bertz CT molecular complexity index is 270. The molecule has 1 rings (SSSR count). The molecule has 0 aliphatic carbocycles. The Morgan fingerprint density at radius 1 is 1.50 bits per heavy atom. The van der Waals surface area contributed by atoms with Gasteiger partial charge in [0.1, 0.15) is 4.60 Å². The number of pyridine rings is 1. The summed E-state index contributed by atoms with van der Waals surface area (Å²) in [6.07, 6.45) is 3.63. The van der Waals surface area contributed by atoms with Gasteiger partial charge in [0, 0.05) is 12.2 Å². The number of hydrogen-bond acceptors (Lipinski definition) is 3. The Labute approximate surface area is 98.8 Å². The first-order valence-corrected chi connectivity index (χ1v) is 5.10. The van der Waals surface area contributed by atoms with E-state index in [4.69, 9.17) is 11.5 Å². The Kier molecular flexibility index (Phi) is 7.09. The van der Waals surface area contributed by atoms with E-state index >= 15 is 0 Å². The van der Waals surface area contributed by atoms with Gasteiger partial charge in [-0.05, 0) is 53.0 Å². The summed E-state index contributed by atoms with van der Waals surface area (Å²) in [6, 6.07) is 3.95. The molecule has 5 heteroatoms. The average molecular weight is 281 g/mol. The van der Waals surface area contributed by atoms with E-state index in [1.165, 1.54) is 0 Å². The number of rotatable bonds is 4. The van der Waals surface area contributed by atoms with Crippen molar-refractivity contribution in [2.24, 2.45) is 11.5 Å². The highest BCUT2D eigenvalue weighted by Gasteiger charge is 2.05. The van der Waals surface area contributed by atoms with Crippen molar-refractivity contribution in [3.63, 3.8) is 0 Å². The first-order valence-electron chi connectivity index (χ1n) is 4.31. The fourth-order valence-corrected chi connectivity index (χ4v) is 1.54. The van der Waals surface area contributed by atoms with Crippen LogP contribution in [0.3, 0.4) is 0 Å². The minimum atomic E-state index is 0. The van der Waals surface area contributed by atoms with Crippen molar-refractivity contribution in [2.45, 2.75) is 18.9 Å². The Morgan fingerprint density at radius 2 is 2.21 bits per heavy atom. The van der Waals surface area contributed by atoms with Crippen molar-refractivity contribution >= 4 is 28.3 Å². The summed E-state index contributed by atoms with van der Waals surface area (Å²) in [6.45, 7) is 0.694. The molecule has 0 saturated carbocycles. The van der Waals surface area contributed by atoms with Gasteiger partial charge in [-0.25, -0.2) is 4.98 Å². The smallest absolute Gasteiger partial charge is 0.106 e. The zero-order chi connectivity index (χ0) is 9.68. The van der Waals surface area contributed by atoms with Crippen LogP contribution in [0.4, 0.5) is 0 Å². The third kappa shape index (κ3) is 4.37. The fourth-order valence-electron chi connectivity index (χ4n) is 1.15. The van der Waals surface area contributed by atoms with Crippen LogP contribution in [0.5, 0.6) is 0 Å². The third-order valence-corrected chi connectivity index (χ3v) is 2.33. The number of aromatic nitrogens is 1. The van der Waals surface area contributed by atoms with E-state index in [0.29, 0.717) is 6.54 Å². The first-order chi connectivity index (χ1) is 6.24. The molecule has 14 heavy (non-hydrogen) atoms. The molecule has 0 unspecified atom stereocenters. The molecule has 0 aromatic carbocycles. The maximum Gasteiger partial charge on any atom is 0.106 e. The summed E-state index contributed by atoms with van der Waals surface area (Å²) in [5, 5.41) is 0. The van der Waals surface area contributed by atoms with Crippen LogP contribution >= 0.6 is 28.3 Å². The van der Waals surface area contributed by atoms with Crippen LogP contribution in [0.25, 0.3) is 0 Å². The minimum absolute atomic E-state index is 0. The van der Waals surface area contributed by atoms with Gasteiger partial charge >= 0.3 is 0 Å². The van der Waals surface area contributed by atoms with Crippen LogP contribution in [0.15, 0.2) is 22.9 Å². The van der Waals surface area contributed by atoms with Crippen molar-refractivity contribution < 1.29 is 0 Å². The second-order valence-corrected chi connectivity index (χ2v) is 3.76. The van der Waals surface area contributed by atoms with Crippen molar-refractivity contribution in [1.82, 2.24) is 4.98 Å². The van der Waals surface area contributed by atoms with Crippen molar-refractivity contribution in [3.8, 4) is 0 Å². The molecule has 0 radical (unpaired) electrons. The molecule has 0 saturated heterocycles. The summed E-state index contributed by atoms with van der Waals surface area (Å²) >= 11 is 3.31. The lowest BCUT2D eigenvalue weighted by molar-refractivity contribution is 0.617. The molecule has 0 aliphatic rings. The van der Waals surface area contributed by atoms with Gasteiger partial charge in [-0.2, -0.15) is 0 Å². The Morgan fingerprint density at radius 3 is 2.79 bits per heavy atom. The van der Waals surface area contributed by atoms with Crippen molar-refractivity contribution in [2.75, 3.05) is 6.54 Å². The summed E-state index contributed by atoms with van der Waals surface area (Å²) < 4.78 is 0.827. The molecule has 1 aromatic rings. The lowest BCUT2D eigenvalue weighted by Gasteiger charge is -2.10. The van der Waals surface area contributed by atoms with Gasteiger partial charge in [0.15, 0.2) is 0 Å². The SMILES string of the molecule is Cl.NCCC[C@@H](N)c1ccnc(Br)c1. The molecular weight excluding hydrogens is 265 g/mol. The normalized spacial score (nSPS) is 11.9. The molecule has 0 fully saturated rings. The van der Waals surface area contributed by atoms with E-state index in [1.54, 1.807) is 6.20 Å². The molecule has 1 heterocycles. The largest absolute Gasteiger partial charge is 0.330 e. The number of nitrogens with zero attached hydrogens (tertiary/aromatic N) is 1. The van der Waals surface area contributed by atoms with E-state index in [2.05, 4.69) is 20.9 Å². The van der Waals surface area contributed by atoms with Gasteiger partial charge < -0.3 is 11.5 Å². The lowest BCUT2D eigenvalue weighted by Crippen LogP contribution is -2.12. The molecule has 3 nitrogen and oxygen atoms in total. The molecule has 4 N–H and O–H groups in total. The lowest BCUT2D eigenvalue weighted by atomic mass is 10.0. The van der Waals surface area contributed by atoms with Crippen LogP contribution < -0.4 is 11.5 Å². The highest BCUT2D eigenvalue weighted by atomic mass is 79.9. The molecule has 0 amide bonds. The van der Waals surface area contributed by atoms with E-state index in [0.717, 1.165) is 23.0 Å². The van der Waals surface area contributed by atoms with Crippen LogP contribution in [-0.4, -0.2) is 11.5 Å². The van der Waals surface area contributed by atoms with Gasteiger partial charge in [0.05, 0.1) is 0 Å². The van der Waals surface area contributed by atoms with E-state index in [-0.39, 0.29) is 18.4 Å². The summed E-state index contributed by atoms with van der Waals surface area (Å²) in [5.74, 6) is 0. The Balaban J connectivity index is 0.00000169. The molecule has 1 aromatic heterocycles. The molecule has 0 aliphatic heterocycles. The fraction of sp³-hybridized carbons (Fsp3) is 0.444. The average Bonchev–Trinajstić information content (AvgIpc) is 2.14. The maximum atomic E-state index is 5.95. The quantitative estimate of drug-likeness (QED) is 0.829. The third-order valence-electron chi connectivity index (χ3n) is 1.90. The second-order valence-electron chi connectivity index (χ2n) is 2.95. The maximum absolute atomic E-state index is 5.95. The first kappa shape index (κ1) is 13.8. The van der Waals surface area contributed by atoms with Gasteiger partial charge in [-0.15, -0.1) is 12.4 Å². The summed E-state index contributed by atoms with van der Waals surface area (Å²) in [4.78, 5) is 4.04. The number of nitrogens with two attached hydrogens (primary N) is 2. The van der Waals surface area contributed by atoms with E-state index < -0.39 is 0 Å². The molecular formula is C9H15BrClN3. The van der Waals surface area contributed by atoms with E-state index in [9.17, 15) is 0 Å². The monoisotopic (exact) mass is 279 g/mol. The molecule has 0 bridgehead atoms. The predicted molar refractivity (Wildman–Crippen MR) is 64.4 cm³/mol. The number of hydrogen-bond donors (Lipinski definition) is 2. The zero-order valence-electron chi connectivity index (χ0n) is 7.82. The van der Waals surface area contributed by atoms with Crippen LogP contribution in [-0.2, 0) is 0 Å². The van der Waals surface area contributed by atoms with Gasteiger partial charge in [-0.1, -0.05) is 0 Å². The van der Waals surface area contributed by atoms with Gasteiger partial charge in [-0.3, -0.25) is 0 Å². The zero-order valence-corrected chi connectivity index (χ0v) is 10.2. The van der Waals surface area contributed by atoms with Gasteiger partial charge in [0.25, 0.3) is 0 Å². The topological polar surface area (TPSA) is 64.9 Å². The summed E-state index contributed by atoms with van der Waals surface area (Å²) in [5.41, 5.74) is 12.5.